The fourth-order valence-corrected chi connectivity index (χ4v) is 2.84. The number of aromatic nitrogens is 2. The number of nitrogens with zero attached hydrogens (tertiary/aromatic N) is 2. The van der Waals surface area contributed by atoms with E-state index in [1.165, 1.54) is 5.56 Å². The van der Waals surface area contributed by atoms with Crippen LogP contribution in [0, 0.1) is 6.92 Å². The van der Waals surface area contributed by atoms with E-state index in [1.54, 1.807) is 12.1 Å². The molecule has 0 saturated heterocycles. The number of carbonyl (C=O) groups is 1. The van der Waals surface area contributed by atoms with Crippen molar-refractivity contribution >= 4 is 23.2 Å². The molecule has 1 N–H and O–H groups in total. The Morgan fingerprint density at radius 3 is 2.63 bits per heavy atom. The van der Waals surface area contributed by atoms with Crippen LogP contribution < -0.4 is 5.32 Å². The van der Waals surface area contributed by atoms with Gasteiger partial charge in [0.2, 0.25) is 17.6 Å². The molecule has 5 nitrogen and oxygen atoms in total. The highest BCUT2D eigenvalue weighted by Crippen LogP contribution is 2.23. The maximum atomic E-state index is 12.2. The molecular weight excluding hydrogens is 362 g/mol. The Bertz CT molecular complexity index is 933. The van der Waals surface area contributed by atoms with E-state index < -0.39 is 0 Å². The Balaban J connectivity index is 1.59. The molecule has 0 saturated carbocycles. The summed E-state index contributed by atoms with van der Waals surface area (Å²) in [6.45, 7) is 6.17. The van der Waals surface area contributed by atoms with Gasteiger partial charge in [0.25, 0.3) is 0 Å². The molecule has 3 rings (SSSR count). The average molecular weight is 384 g/mol. The van der Waals surface area contributed by atoms with Crippen LogP contribution in [0.15, 0.2) is 47.0 Å². The smallest absolute Gasteiger partial charge is 0.227 e. The number of carbonyl (C=O) groups excluding carboxylic acids is 1. The van der Waals surface area contributed by atoms with Gasteiger partial charge >= 0.3 is 0 Å². The number of amides is 1. The summed E-state index contributed by atoms with van der Waals surface area (Å²) in [5.41, 5.74) is 3.71. The van der Waals surface area contributed by atoms with E-state index in [1.807, 2.05) is 25.1 Å². The van der Waals surface area contributed by atoms with Crippen molar-refractivity contribution in [2.45, 2.75) is 39.5 Å². The summed E-state index contributed by atoms with van der Waals surface area (Å²) in [5.74, 6) is 1.32. The van der Waals surface area contributed by atoms with Crippen LogP contribution in [0.1, 0.15) is 43.2 Å². The van der Waals surface area contributed by atoms with Crippen molar-refractivity contribution in [2.75, 3.05) is 5.32 Å². The van der Waals surface area contributed by atoms with E-state index in [0.717, 1.165) is 11.1 Å². The van der Waals surface area contributed by atoms with Crippen LogP contribution >= 0.6 is 11.6 Å². The van der Waals surface area contributed by atoms with Crippen molar-refractivity contribution in [1.82, 2.24) is 10.1 Å². The van der Waals surface area contributed by atoms with Crippen LogP contribution in [0.2, 0.25) is 5.02 Å². The van der Waals surface area contributed by atoms with E-state index >= 15 is 0 Å². The Morgan fingerprint density at radius 1 is 1.19 bits per heavy atom. The number of benzene rings is 2. The minimum atomic E-state index is -0.124. The number of hydrogen-bond acceptors (Lipinski definition) is 4. The van der Waals surface area contributed by atoms with Crippen LogP contribution in [-0.2, 0) is 11.2 Å². The molecule has 6 heteroatoms. The predicted molar refractivity (Wildman–Crippen MR) is 107 cm³/mol. The first-order valence-corrected chi connectivity index (χ1v) is 9.29. The second-order valence-electron chi connectivity index (χ2n) is 6.75. The van der Waals surface area contributed by atoms with E-state index in [4.69, 9.17) is 16.1 Å². The third kappa shape index (κ3) is 4.74. The van der Waals surface area contributed by atoms with Gasteiger partial charge < -0.3 is 9.84 Å². The third-order valence-corrected chi connectivity index (χ3v) is 4.82. The van der Waals surface area contributed by atoms with Gasteiger partial charge in [-0.25, -0.2) is 0 Å². The lowest BCUT2D eigenvalue weighted by molar-refractivity contribution is -0.116. The molecule has 3 aromatic rings. The molecule has 0 atom stereocenters. The number of halogens is 1. The highest BCUT2D eigenvalue weighted by molar-refractivity contribution is 6.31. The topological polar surface area (TPSA) is 68.0 Å². The summed E-state index contributed by atoms with van der Waals surface area (Å²) >= 11 is 6.07. The third-order valence-electron chi connectivity index (χ3n) is 4.41. The number of hydrogen-bond donors (Lipinski definition) is 1. The molecular formula is C21H22ClN3O2. The zero-order valence-corrected chi connectivity index (χ0v) is 16.4. The largest absolute Gasteiger partial charge is 0.339 e. The first-order chi connectivity index (χ1) is 12.9. The lowest BCUT2D eigenvalue weighted by Crippen LogP contribution is -2.13. The second-order valence-corrected chi connectivity index (χ2v) is 7.16. The Hall–Kier alpha value is -2.66. The van der Waals surface area contributed by atoms with Crippen LogP contribution in [0.5, 0.6) is 0 Å². The molecule has 0 aliphatic heterocycles. The predicted octanol–water partition coefficient (Wildman–Crippen LogP) is 5.39. The molecule has 0 fully saturated rings. The average Bonchev–Trinajstić information content (AvgIpc) is 3.13. The number of aryl methyl sites for hydroxylation is 1. The van der Waals surface area contributed by atoms with Gasteiger partial charge in [-0.3, -0.25) is 4.79 Å². The normalized spacial score (nSPS) is 11.0. The van der Waals surface area contributed by atoms with Gasteiger partial charge in [-0.15, -0.1) is 0 Å². The van der Waals surface area contributed by atoms with Crippen LogP contribution in [-0.4, -0.2) is 16.0 Å². The zero-order chi connectivity index (χ0) is 19.4. The van der Waals surface area contributed by atoms with Crippen LogP contribution in [0.3, 0.4) is 0 Å². The van der Waals surface area contributed by atoms with Crippen molar-refractivity contribution in [3.05, 3.63) is 64.5 Å². The fourth-order valence-electron chi connectivity index (χ4n) is 2.67. The standard InChI is InChI=1S/C21H22ClN3O2/c1-13(2)15-7-9-16(10-8-15)21-24-20(27-25-21)12-11-19(26)23-18-6-4-5-17(22)14(18)3/h4-10,13H,11-12H2,1-3H3,(H,23,26). The maximum absolute atomic E-state index is 12.2. The summed E-state index contributed by atoms with van der Waals surface area (Å²) < 4.78 is 5.28. The van der Waals surface area contributed by atoms with E-state index in [0.29, 0.717) is 34.8 Å². The highest BCUT2D eigenvalue weighted by atomic mass is 35.5. The van der Waals surface area contributed by atoms with Gasteiger partial charge in [-0.2, -0.15) is 4.98 Å². The molecule has 0 bridgehead atoms. The quantitative estimate of drug-likeness (QED) is 0.619. The van der Waals surface area contributed by atoms with Crippen molar-refractivity contribution in [3.8, 4) is 11.4 Å². The molecule has 2 aromatic carbocycles. The molecule has 1 aromatic heterocycles. The molecule has 0 unspecified atom stereocenters. The molecule has 1 heterocycles. The minimum absolute atomic E-state index is 0.124. The van der Waals surface area contributed by atoms with Gasteiger partial charge in [-0.05, 0) is 36.1 Å². The summed E-state index contributed by atoms with van der Waals surface area (Å²) in [6, 6.07) is 13.5. The molecule has 0 aliphatic carbocycles. The summed E-state index contributed by atoms with van der Waals surface area (Å²) in [4.78, 5) is 16.6. The molecule has 27 heavy (non-hydrogen) atoms. The number of anilines is 1. The van der Waals surface area contributed by atoms with Crippen LogP contribution in [0.25, 0.3) is 11.4 Å². The lowest BCUT2D eigenvalue weighted by atomic mass is 10.0. The maximum Gasteiger partial charge on any atom is 0.227 e. The number of rotatable bonds is 6. The fraction of sp³-hybridized carbons (Fsp3) is 0.286. The van der Waals surface area contributed by atoms with Gasteiger partial charge in [0.1, 0.15) is 0 Å². The summed E-state index contributed by atoms with van der Waals surface area (Å²) in [6.07, 6.45) is 0.627. The second kappa shape index (κ2) is 8.35. The summed E-state index contributed by atoms with van der Waals surface area (Å²) in [7, 11) is 0. The summed E-state index contributed by atoms with van der Waals surface area (Å²) in [5, 5.41) is 7.50. The SMILES string of the molecule is Cc1c(Cl)cccc1NC(=O)CCc1nc(-c2ccc(C(C)C)cc2)no1. The highest BCUT2D eigenvalue weighted by Gasteiger charge is 2.12. The zero-order valence-electron chi connectivity index (χ0n) is 15.6. The van der Waals surface area contributed by atoms with Gasteiger partial charge in [0.15, 0.2) is 0 Å². The lowest BCUT2D eigenvalue weighted by Gasteiger charge is -2.08. The van der Waals surface area contributed by atoms with Crippen molar-refractivity contribution in [3.63, 3.8) is 0 Å². The van der Waals surface area contributed by atoms with Crippen molar-refractivity contribution in [1.29, 1.82) is 0 Å². The number of nitrogens with one attached hydrogen (secondary N) is 1. The molecule has 0 aliphatic rings. The Kier molecular flexibility index (Phi) is 5.91. The van der Waals surface area contributed by atoms with Crippen LogP contribution in [0.4, 0.5) is 5.69 Å². The van der Waals surface area contributed by atoms with Gasteiger partial charge in [0, 0.05) is 29.1 Å². The Labute approximate surface area is 163 Å². The van der Waals surface area contributed by atoms with Gasteiger partial charge in [-0.1, -0.05) is 60.9 Å². The minimum Gasteiger partial charge on any atom is -0.339 e. The van der Waals surface area contributed by atoms with Crippen molar-refractivity contribution in [2.24, 2.45) is 0 Å². The van der Waals surface area contributed by atoms with E-state index in [9.17, 15) is 4.79 Å². The Morgan fingerprint density at radius 2 is 1.93 bits per heavy atom. The monoisotopic (exact) mass is 383 g/mol. The molecule has 1 amide bonds. The van der Waals surface area contributed by atoms with E-state index in [-0.39, 0.29) is 12.3 Å². The van der Waals surface area contributed by atoms with Gasteiger partial charge in [0.05, 0.1) is 0 Å². The van der Waals surface area contributed by atoms with E-state index in [2.05, 4.69) is 41.4 Å². The first kappa shape index (κ1) is 19.1. The molecule has 0 radical (unpaired) electrons. The van der Waals surface area contributed by atoms with Crippen molar-refractivity contribution < 1.29 is 9.32 Å². The molecule has 140 valence electrons. The first-order valence-electron chi connectivity index (χ1n) is 8.92. The molecule has 0 spiro atoms.